The van der Waals surface area contributed by atoms with E-state index in [-0.39, 0.29) is 24.4 Å². The van der Waals surface area contributed by atoms with Gasteiger partial charge in [-0.25, -0.2) is 13.2 Å². The molecule has 1 fully saturated rings. The molecule has 0 radical (unpaired) electrons. The normalized spacial score (nSPS) is 14.7. The fourth-order valence-electron chi connectivity index (χ4n) is 1.50. The minimum Gasteiger partial charge on any atom is -0.337 e. The Balaban J connectivity index is 1.73. The summed E-state index contributed by atoms with van der Waals surface area (Å²) in [6, 6.07) is 8.60. The van der Waals surface area contributed by atoms with Crippen molar-refractivity contribution in [2.24, 2.45) is 0 Å². The molecule has 0 saturated heterocycles. The molecule has 1 aromatic carbocycles. The minimum atomic E-state index is -3.44. The zero-order valence-corrected chi connectivity index (χ0v) is 11.2. The van der Waals surface area contributed by atoms with E-state index in [1.807, 2.05) is 6.07 Å². The summed E-state index contributed by atoms with van der Waals surface area (Å²) in [5, 5.41) is 5.25. The molecule has 6 nitrogen and oxygen atoms in total. The standard InChI is InChI=1S/C12H17N3O3S/c16-12(14-10-6-7-10)13-8-9-19(17,18)15-11-4-2-1-3-5-11/h1-5,10,15H,6-9H2,(H2,13,14,16). The van der Waals surface area contributed by atoms with Gasteiger partial charge >= 0.3 is 6.03 Å². The second-order valence-electron chi connectivity index (χ2n) is 4.46. The van der Waals surface area contributed by atoms with E-state index in [1.165, 1.54) is 0 Å². The zero-order valence-electron chi connectivity index (χ0n) is 10.4. The summed E-state index contributed by atoms with van der Waals surface area (Å²) in [6.07, 6.45) is 2.00. The molecule has 104 valence electrons. The number of hydrogen-bond acceptors (Lipinski definition) is 3. The highest BCUT2D eigenvalue weighted by atomic mass is 32.2. The number of sulfonamides is 1. The van der Waals surface area contributed by atoms with Crippen molar-refractivity contribution in [3.05, 3.63) is 30.3 Å². The topological polar surface area (TPSA) is 87.3 Å². The van der Waals surface area contributed by atoms with Crippen LogP contribution in [0.3, 0.4) is 0 Å². The molecule has 0 bridgehead atoms. The molecule has 0 atom stereocenters. The van der Waals surface area contributed by atoms with Crippen LogP contribution in [0.1, 0.15) is 12.8 Å². The van der Waals surface area contributed by atoms with Gasteiger partial charge in [0.15, 0.2) is 0 Å². The van der Waals surface area contributed by atoms with Crippen LogP contribution in [0.4, 0.5) is 10.5 Å². The summed E-state index contributed by atoms with van der Waals surface area (Å²) in [6.45, 7) is 0.0840. The van der Waals surface area contributed by atoms with Crippen LogP contribution in [-0.4, -0.2) is 32.8 Å². The number of carbonyl (C=O) groups is 1. The van der Waals surface area contributed by atoms with Gasteiger partial charge in [0.05, 0.1) is 5.75 Å². The second-order valence-corrected chi connectivity index (χ2v) is 6.30. The molecule has 0 unspecified atom stereocenters. The van der Waals surface area contributed by atoms with Gasteiger partial charge in [0.1, 0.15) is 0 Å². The Morgan fingerprint density at radius 2 is 1.89 bits per heavy atom. The number of amides is 2. The Labute approximate surface area is 112 Å². The van der Waals surface area contributed by atoms with Gasteiger partial charge in [-0.3, -0.25) is 4.72 Å². The number of nitrogens with one attached hydrogen (secondary N) is 3. The molecule has 2 rings (SSSR count). The number of para-hydroxylation sites is 1. The largest absolute Gasteiger partial charge is 0.337 e. The maximum absolute atomic E-state index is 11.7. The van der Waals surface area contributed by atoms with Crippen molar-refractivity contribution in [1.29, 1.82) is 0 Å². The van der Waals surface area contributed by atoms with E-state index in [1.54, 1.807) is 24.3 Å². The fourth-order valence-corrected chi connectivity index (χ4v) is 2.47. The monoisotopic (exact) mass is 283 g/mol. The molecule has 1 saturated carbocycles. The number of carbonyl (C=O) groups excluding carboxylic acids is 1. The zero-order chi connectivity index (χ0) is 13.7. The Hall–Kier alpha value is -1.76. The lowest BCUT2D eigenvalue weighted by Crippen LogP contribution is -2.39. The smallest absolute Gasteiger partial charge is 0.315 e. The van der Waals surface area contributed by atoms with Crippen molar-refractivity contribution in [3.8, 4) is 0 Å². The van der Waals surface area contributed by atoms with Crippen molar-refractivity contribution in [3.63, 3.8) is 0 Å². The molecule has 19 heavy (non-hydrogen) atoms. The molecule has 0 heterocycles. The highest BCUT2D eigenvalue weighted by molar-refractivity contribution is 7.92. The summed E-state index contributed by atoms with van der Waals surface area (Å²) in [5.74, 6) is -0.153. The quantitative estimate of drug-likeness (QED) is 0.724. The van der Waals surface area contributed by atoms with Crippen LogP contribution in [-0.2, 0) is 10.0 Å². The van der Waals surface area contributed by atoms with E-state index >= 15 is 0 Å². The highest BCUT2D eigenvalue weighted by Gasteiger charge is 2.23. The van der Waals surface area contributed by atoms with Gasteiger partial charge in [0.2, 0.25) is 10.0 Å². The van der Waals surface area contributed by atoms with Crippen molar-refractivity contribution in [1.82, 2.24) is 10.6 Å². The molecule has 0 aromatic heterocycles. The fraction of sp³-hybridized carbons (Fsp3) is 0.417. The van der Waals surface area contributed by atoms with Crippen molar-refractivity contribution < 1.29 is 13.2 Å². The third kappa shape index (κ3) is 5.17. The first kappa shape index (κ1) is 13.7. The summed E-state index contributed by atoms with van der Waals surface area (Å²) >= 11 is 0. The number of benzene rings is 1. The number of rotatable bonds is 6. The van der Waals surface area contributed by atoms with Crippen LogP contribution in [0.25, 0.3) is 0 Å². The number of anilines is 1. The lowest BCUT2D eigenvalue weighted by Gasteiger charge is -2.09. The minimum absolute atomic E-state index is 0.0840. The molecular formula is C12H17N3O3S. The van der Waals surface area contributed by atoms with Gasteiger partial charge in [0, 0.05) is 18.3 Å². The summed E-state index contributed by atoms with van der Waals surface area (Å²) < 4.78 is 25.9. The van der Waals surface area contributed by atoms with Crippen LogP contribution in [0.5, 0.6) is 0 Å². The molecule has 0 spiro atoms. The number of hydrogen-bond donors (Lipinski definition) is 3. The maximum atomic E-state index is 11.7. The van der Waals surface area contributed by atoms with E-state index < -0.39 is 10.0 Å². The Kier molecular flexibility index (Phi) is 4.26. The first-order valence-electron chi connectivity index (χ1n) is 6.15. The van der Waals surface area contributed by atoms with Gasteiger partial charge in [-0.05, 0) is 25.0 Å². The van der Waals surface area contributed by atoms with Crippen molar-refractivity contribution in [2.45, 2.75) is 18.9 Å². The van der Waals surface area contributed by atoms with Crippen molar-refractivity contribution in [2.75, 3.05) is 17.0 Å². The molecular weight excluding hydrogens is 266 g/mol. The number of urea groups is 1. The Morgan fingerprint density at radius 3 is 2.53 bits per heavy atom. The summed E-state index contributed by atoms with van der Waals surface area (Å²) in [4.78, 5) is 11.3. The van der Waals surface area contributed by atoms with Crippen molar-refractivity contribution >= 4 is 21.7 Å². The van der Waals surface area contributed by atoms with E-state index in [0.29, 0.717) is 5.69 Å². The lowest BCUT2D eigenvalue weighted by molar-refractivity contribution is 0.241. The Bertz CT molecular complexity index is 526. The maximum Gasteiger partial charge on any atom is 0.315 e. The molecule has 0 aliphatic heterocycles. The van der Waals surface area contributed by atoms with Crippen LogP contribution < -0.4 is 15.4 Å². The molecule has 2 amide bonds. The lowest BCUT2D eigenvalue weighted by atomic mass is 10.3. The molecule has 1 aromatic rings. The molecule has 1 aliphatic carbocycles. The highest BCUT2D eigenvalue weighted by Crippen LogP contribution is 2.18. The molecule has 3 N–H and O–H groups in total. The average molecular weight is 283 g/mol. The van der Waals surface area contributed by atoms with E-state index in [9.17, 15) is 13.2 Å². The van der Waals surface area contributed by atoms with Gasteiger partial charge in [-0.2, -0.15) is 0 Å². The van der Waals surface area contributed by atoms with Gasteiger partial charge in [0.25, 0.3) is 0 Å². The second kappa shape index (κ2) is 5.92. The molecule has 7 heteroatoms. The predicted octanol–water partition coefficient (Wildman–Crippen LogP) is 0.890. The predicted molar refractivity (Wildman–Crippen MR) is 73.4 cm³/mol. The summed E-state index contributed by atoms with van der Waals surface area (Å²) in [7, 11) is -3.44. The first-order chi connectivity index (χ1) is 9.05. The van der Waals surface area contributed by atoms with E-state index in [0.717, 1.165) is 12.8 Å². The van der Waals surface area contributed by atoms with E-state index in [4.69, 9.17) is 0 Å². The third-order valence-corrected chi connectivity index (χ3v) is 3.90. The van der Waals surface area contributed by atoms with Gasteiger partial charge < -0.3 is 10.6 Å². The van der Waals surface area contributed by atoms with Gasteiger partial charge in [-0.1, -0.05) is 18.2 Å². The van der Waals surface area contributed by atoms with Gasteiger partial charge in [-0.15, -0.1) is 0 Å². The third-order valence-electron chi connectivity index (χ3n) is 2.62. The Morgan fingerprint density at radius 1 is 1.21 bits per heavy atom. The van der Waals surface area contributed by atoms with Crippen LogP contribution in [0, 0.1) is 0 Å². The average Bonchev–Trinajstić information content (AvgIpc) is 3.13. The first-order valence-corrected chi connectivity index (χ1v) is 7.80. The summed E-state index contributed by atoms with van der Waals surface area (Å²) in [5.41, 5.74) is 0.518. The van der Waals surface area contributed by atoms with Crippen LogP contribution in [0.2, 0.25) is 0 Å². The van der Waals surface area contributed by atoms with Crippen LogP contribution in [0.15, 0.2) is 30.3 Å². The molecule has 1 aliphatic rings. The van der Waals surface area contributed by atoms with Crippen LogP contribution >= 0.6 is 0 Å². The SMILES string of the molecule is O=C(NCCS(=O)(=O)Nc1ccccc1)NC1CC1. The van der Waals surface area contributed by atoms with E-state index in [2.05, 4.69) is 15.4 Å².